The van der Waals surface area contributed by atoms with Crippen molar-refractivity contribution in [2.24, 2.45) is 5.92 Å². The predicted octanol–water partition coefficient (Wildman–Crippen LogP) is 5.94. The largest absolute Gasteiger partial charge is 0.370 e. The van der Waals surface area contributed by atoms with E-state index in [4.69, 9.17) is 0 Å². The van der Waals surface area contributed by atoms with E-state index in [9.17, 15) is 0 Å². The highest BCUT2D eigenvalue weighted by Gasteiger charge is 2.05. The molecule has 0 fully saturated rings. The molecule has 136 valence electrons. The fourth-order valence-corrected chi connectivity index (χ4v) is 2.17. The summed E-state index contributed by atoms with van der Waals surface area (Å²) in [5.41, 5.74) is 1.41. The number of hydrogen-bond acceptors (Lipinski definition) is 2. The van der Waals surface area contributed by atoms with Crippen molar-refractivity contribution in [1.29, 1.82) is 0 Å². The highest BCUT2D eigenvalue weighted by atomic mass is 15.2. The molecule has 24 heavy (non-hydrogen) atoms. The molecular weight excluding hydrogens is 294 g/mol. The first-order chi connectivity index (χ1) is 11.6. The van der Waals surface area contributed by atoms with Crippen LogP contribution in [-0.2, 0) is 13.0 Å². The minimum Gasteiger partial charge on any atom is -0.370 e. The molecule has 1 aromatic heterocycles. The van der Waals surface area contributed by atoms with Crippen LogP contribution in [0.25, 0.3) is 0 Å². The van der Waals surface area contributed by atoms with E-state index >= 15 is 0 Å². The van der Waals surface area contributed by atoms with Crippen LogP contribution in [0.2, 0.25) is 0 Å². The summed E-state index contributed by atoms with van der Waals surface area (Å²) in [5.74, 6) is 2.98. The van der Waals surface area contributed by atoms with Gasteiger partial charge in [-0.05, 0) is 38.2 Å². The lowest BCUT2D eigenvalue weighted by molar-refractivity contribution is 0.512. The van der Waals surface area contributed by atoms with Gasteiger partial charge in [0.25, 0.3) is 0 Å². The minimum absolute atomic E-state index is 0.742. The molecule has 3 nitrogen and oxygen atoms in total. The van der Waals surface area contributed by atoms with Gasteiger partial charge in [-0.3, -0.25) is 0 Å². The maximum atomic E-state index is 4.31. The Morgan fingerprint density at radius 2 is 1.71 bits per heavy atom. The normalized spacial score (nSPS) is 9.67. The second-order valence-corrected chi connectivity index (χ2v) is 5.89. The standard InChI is InChI=1S/C11H21N3.C8H10.C2H6/c1-5-12-11-8-13-10(4)14(11)7-6-9(2)3;1-2-8-6-4-3-5-7-8;1-2/h8-9,12H,5-7H2,1-4H3;3-7H,2H2,1H3;1-2H3. The molecular formula is C21H37N3. The number of anilines is 1. The van der Waals surface area contributed by atoms with Crippen LogP contribution in [-0.4, -0.2) is 16.1 Å². The van der Waals surface area contributed by atoms with Gasteiger partial charge in [-0.25, -0.2) is 4.98 Å². The Morgan fingerprint density at radius 1 is 1.08 bits per heavy atom. The van der Waals surface area contributed by atoms with Crippen molar-refractivity contribution in [3.8, 4) is 0 Å². The highest BCUT2D eigenvalue weighted by molar-refractivity contribution is 5.34. The Balaban J connectivity index is 0.000000447. The molecule has 0 saturated carbocycles. The van der Waals surface area contributed by atoms with Crippen LogP contribution in [0.5, 0.6) is 0 Å². The van der Waals surface area contributed by atoms with E-state index in [1.807, 2.05) is 26.1 Å². The van der Waals surface area contributed by atoms with Crippen molar-refractivity contribution >= 4 is 5.82 Å². The van der Waals surface area contributed by atoms with Crippen LogP contribution in [0.15, 0.2) is 36.5 Å². The van der Waals surface area contributed by atoms with Gasteiger partial charge < -0.3 is 9.88 Å². The topological polar surface area (TPSA) is 29.9 Å². The van der Waals surface area contributed by atoms with Crippen LogP contribution in [0, 0.1) is 12.8 Å². The van der Waals surface area contributed by atoms with E-state index < -0.39 is 0 Å². The molecule has 0 aliphatic heterocycles. The minimum atomic E-state index is 0.742. The zero-order valence-electron chi connectivity index (χ0n) is 16.8. The summed E-state index contributed by atoms with van der Waals surface area (Å²) in [6.45, 7) is 16.8. The average molecular weight is 332 g/mol. The van der Waals surface area contributed by atoms with E-state index in [0.717, 1.165) is 37.1 Å². The Morgan fingerprint density at radius 3 is 2.17 bits per heavy atom. The van der Waals surface area contributed by atoms with Crippen molar-refractivity contribution in [2.45, 2.75) is 67.9 Å². The molecule has 2 aromatic rings. The van der Waals surface area contributed by atoms with Crippen LogP contribution < -0.4 is 5.32 Å². The number of benzene rings is 1. The average Bonchev–Trinajstić information content (AvgIpc) is 2.96. The van der Waals surface area contributed by atoms with Gasteiger partial charge in [0.1, 0.15) is 11.6 Å². The van der Waals surface area contributed by atoms with Gasteiger partial charge in [0.2, 0.25) is 0 Å². The SMILES string of the molecule is CC.CCNc1cnc(C)n1CCC(C)C.CCc1ccccc1. The van der Waals surface area contributed by atoms with E-state index in [0.29, 0.717) is 0 Å². The van der Waals surface area contributed by atoms with Gasteiger partial charge in [-0.15, -0.1) is 0 Å². The summed E-state index contributed by atoms with van der Waals surface area (Å²) >= 11 is 0. The smallest absolute Gasteiger partial charge is 0.126 e. The van der Waals surface area contributed by atoms with Gasteiger partial charge in [0, 0.05) is 13.1 Å². The van der Waals surface area contributed by atoms with Crippen molar-refractivity contribution in [3.05, 3.63) is 47.9 Å². The van der Waals surface area contributed by atoms with Gasteiger partial charge in [-0.1, -0.05) is 65.0 Å². The Hall–Kier alpha value is -1.77. The summed E-state index contributed by atoms with van der Waals surface area (Å²) in [6.07, 6.45) is 4.26. The molecule has 0 atom stereocenters. The van der Waals surface area contributed by atoms with Crippen molar-refractivity contribution < 1.29 is 0 Å². The number of nitrogens with zero attached hydrogens (tertiary/aromatic N) is 2. The second kappa shape index (κ2) is 13.6. The third-order valence-electron chi connectivity index (χ3n) is 3.59. The summed E-state index contributed by atoms with van der Waals surface area (Å²) in [4.78, 5) is 4.31. The number of aromatic nitrogens is 2. The van der Waals surface area contributed by atoms with Gasteiger partial charge in [0.05, 0.1) is 6.20 Å². The molecule has 0 aliphatic carbocycles. The molecule has 1 N–H and O–H groups in total. The molecule has 1 aromatic carbocycles. The first kappa shape index (κ1) is 22.2. The van der Waals surface area contributed by atoms with Gasteiger partial charge in [-0.2, -0.15) is 0 Å². The third-order valence-corrected chi connectivity index (χ3v) is 3.59. The van der Waals surface area contributed by atoms with Crippen molar-refractivity contribution in [1.82, 2.24) is 9.55 Å². The van der Waals surface area contributed by atoms with Crippen molar-refractivity contribution in [3.63, 3.8) is 0 Å². The maximum absolute atomic E-state index is 4.31. The van der Waals surface area contributed by atoms with Crippen LogP contribution in [0.3, 0.4) is 0 Å². The van der Waals surface area contributed by atoms with E-state index in [-0.39, 0.29) is 0 Å². The zero-order valence-corrected chi connectivity index (χ0v) is 16.8. The first-order valence-corrected chi connectivity index (χ1v) is 9.38. The number of hydrogen-bond donors (Lipinski definition) is 1. The number of nitrogens with one attached hydrogen (secondary N) is 1. The van der Waals surface area contributed by atoms with Gasteiger partial charge in [0.15, 0.2) is 0 Å². The number of rotatable bonds is 6. The van der Waals surface area contributed by atoms with Gasteiger partial charge >= 0.3 is 0 Å². The Kier molecular flexibility index (Phi) is 12.6. The molecule has 0 saturated heterocycles. The Bertz CT molecular complexity index is 515. The molecule has 2 rings (SSSR count). The van der Waals surface area contributed by atoms with Crippen molar-refractivity contribution in [2.75, 3.05) is 11.9 Å². The molecule has 3 heteroatoms. The molecule has 1 heterocycles. The van der Waals surface area contributed by atoms with Crippen LogP contribution >= 0.6 is 0 Å². The predicted molar refractivity (Wildman–Crippen MR) is 108 cm³/mol. The second-order valence-electron chi connectivity index (χ2n) is 5.89. The molecule has 0 aliphatic rings. The van der Waals surface area contributed by atoms with E-state index in [1.54, 1.807) is 0 Å². The lowest BCUT2D eigenvalue weighted by Crippen LogP contribution is -2.09. The lowest BCUT2D eigenvalue weighted by Gasteiger charge is -2.12. The van der Waals surface area contributed by atoms with E-state index in [1.165, 1.54) is 12.0 Å². The zero-order chi connectivity index (χ0) is 18.4. The highest BCUT2D eigenvalue weighted by Crippen LogP contribution is 2.13. The number of imidazole rings is 1. The van der Waals surface area contributed by atoms with Crippen LogP contribution in [0.1, 0.15) is 59.4 Å². The molecule has 0 spiro atoms. The van der Waals surface area contributed by atoms with E-state index in [2.05, 4.69) is 73.8 Å². The summed E-state index contributed by atoms with van der Waals surface area (Å²) in [6, 6.07) is 10.5. The fourth-order valence-electron chi connectivity index (χ4n) is 2.17. The number of aryl methyl sites for hydroxylation is 2. The molecule has 0 amide bonds. The fraction of sp³-hybridized carbons (Fsp3) is 0.571. The first-order valence-electron chi connectivity index (χ1n) is 9.38. The quantitative estimate of drug-likeness (QED) is 0.709. The summed E-state index contributed by atoms with van der Waals surface area (Å²) in [5, 5.41) is 3.32. The maximum Gasteiger partial charge on any atom is 0.126 e. The molecule has 0 bridgehead atoms. The molecule has 0 unspecified atom stereocenters. The van der Waals surface area contributed by atoms with Crippen LogP contribution in [0.4, 0.5) is 5.82 Å². The monoisotopic (exact) mass is 331 g/mol. The summed E-state index contributed by atoms with van der Waals surface area (Å²) in [7, 11) is 0. The lowest BCUT2D eigenvalue weighted by atomic mass is 10.1. The molecule has 0 radical (unpaired) electrons. The third kappa shape index (κ3) is 8.76. The Labute approximate surface area is 149 Å². The summed E-state index contributed by atoms with van der Waals surface area (Å²) < 4.78 is 2.25.